The average molecular weight is 780 g/mol. The number of nitrogens with one attached hydrogen (secondary N) is 4. The monoisotopic (exact) mass is 779 g/mol. The number of likely N-dealkylation sites (N-methyl/N-ethyl adjacent to an activating group) is 2. The van der Waals surface area contributed by atoms with Crippen LogP contribution in [0.5, 0.6) is 0 Å². The van der Waals surface area contributed by atoms with Gasteiger partial charge >= 0.3 is 5.97 Å². The lowest BCUT2D eigenvalue weighted by atomic mass is 9.76. The second-order valence-electron chi connectivity index (χ2n) is 16.5. The van der Waals surface area contributed by atoms with Gasteiger partial charge in [0.05, 0.1) is 12.1 Å². The summed E-state index contributed by atoms with van der Waals surface area (Å²) in [6.07, 6.45) is 4.49. The van der Waals surface area contributed by atoms with Gasteiger partial charge in [0.15, 0.2) is 0 Å². The van der Waals surface area contributed by atoms with E-state index in [1.165, 1.54) is 17.1 Å². The first kappa shape index (κ1) is 45.4. The van der Waals surface area contributed by atoms with Crippen LogP contribution in [0.2, 0.25) is 0 Å². The van der Waals surface area contributed by atoms with Crippen LogP contribution in [0.25, 0.3) is 10.9 Å². The summed E-state index contributed by atoms with van der Waals surface area (Å²) in [5.41, 5.74) is 0.825. The molecule has 1 aliphatic rings. The fourth-order valence-corrected chi connectivity index (χ4v) is 7.11. The summed E-state index contributed by atoms with van der Waals surface area (Å²) >= 11 is 0. The van der Waals surface area contributed by atoms with Crippen LogP contribution in [0, 0.1) is 11.3 Å². The smallest absolute Gasteiger partial charge is 0.303 e. The summed E-state index contributed by atoms with van der Waals surface area (Å²) in [7, 11) is 5.31. The third-order valence-electron chi connectivity index (χ3n) is 10.5. The molecule has 1 unspecified atom stereocenters. The third kappa shape index (κ3) is 10.8. The molecule has 0 saturated heterocycles. The molecule has 5 amide bonds. The Hall–Kier alpha value is -5.02. The first-order valence-corrected chi connectivity index (χ1v) is 19.0. The van der Waals surface area contributed by atoms with E-state index in [-0.39, 0.29) is 42.8 Å². The van der Waals surface area contributed by atoms with Crippen molar-refractivity contribution in [2.45, 2.75) is 104 Å². The number of aliphatic carboxylic acids is 1. The number of aromatic nitrogens is 1. The number of carboxylic acid groups (broad SMARTS) is 1. The molecule has 308 valence electrons. The Bertz CT molecular complexity index is 1840. The Morgan fingerprint density at radius 1 is 1.00 bits per heavy atom. The van der Waals surface area contributed by atoms with E-state index in [1.54, 1.807) is 27.1 Å². The lowest BCUT2D eigenvalue weighted by Crippen LogP contribution is -2.61. The van der Waals surface area contributed by atoms with Crippen LogP contribution in [-0.4, -0.2) is 118 Å². The molecule has 2 heterocycles. The summed E-state index contributed by atoms with van der Waals surface area (Å²) in [6, 6.07) is 4.53. The van der Waals surface area contributed by atoms with Crippen molar-refractivity contribution in [2.75, 3.05) is 27.2 Å². The first-order chi connectivity index (χ1) is 26.0. The summed E-state index contributed by atoms with van der Waals surface area (Å²) < 4.78 is 2.03. The number of carbonyl (C=O) groups excluding carboxylic acids is 5. The van der Waals surface area contributed by atoms with Crippen molar-refractivity contribution in [1.29, 1.82) is 0 Å². The number of amides is 5. The highest BCUT2D eigenvalue weighted by atomic mass is 16.4. The molecule has 5 atom stereocenters. The van der Waals surface area contributed by atoms with Crippen LogP contribution in [0.4, 0.5) is 0 Å². The summed E-state index contributed by atoms with van der Waals surface area (Å²) in [5, 5.41) is 31.7. The molecular weight excluding hydrogens is 718 g/mol. The second kappa shape index (κ2) is 18.7. The largest absolute Gasteiger partial charge is 0.481 e. The maximum Gasteiger partial charge on any atom is 0.303 e. The molecule has 15 nitrogen and oxygen atoms in total. The van der Waals surface area contributed by atoms with Gasteiger partial charge in [-0.2, -0.15) is 0 Å². The number of fused-ring (bicyclic) bond motifs is 1. The van der Waals surface area contributed by atoms with Crippen molar-refractivity contribution >= 4 is 46.4 Å². The number of hydrogen-bond acceptors (Lipinski definition) is 8. The molecule has 0 saturated carbocycles. The molecule has 3 rings (SSSR count). The number of aliphatic hydroxyl groups is 1. The van der Waals surface area contributed by atoms with Crippen LogP contribution >= 0.6 is 0 Å². The average Bonchev–Trinajstić information content (AvgIpc) is 3.63. The molecule has 1 aromatic carbocycles. The van der Waals surface area contributed by atoms with E-state index in [0.717, 1.165) is 21.4 Å². The summed E-state index contributed by atoms with van der Waals surface area (Å²) in [6.45, 7) is 14.9. The number of nitrogens with zero attached hydrogens (tertiary/aromatic N) is 3. The van der Waals surface area contributed by atoms with Gasteiger partial charge < -0.3 is 45.8 Å². The zero-order chi connectivity index (χ0) is 42.3. The molecule has 6 N–H and O–H groups in total. The maximum absolute atomic E-state index is 14.4. The molecule has 0 radical (unpaired) electrons. The molecule has 1 aromatic heterocycles. The molecule has 2 aromatic rings. The standard InChI is InChI=1S/C41H61N7O8/c1-24(2)30(22-25(3)36(53)44-28(16-19-33(51)52)37(54)43-20-21-48-31(49)17-18-32(48)50)47(11)39(56)35(40(4,5)6)45-38(55)34(42-9)41(7,8)27-23-46(10)29-15-13-12-14-26(27)29/h12-15,17-18,22-24,28,30-31,34-35,42,49H,16,19-21H2,1-11H3,(H,43,54)(H,44,53)(H,45,55)(H,51,52)/b25-22+/t28-,30-,31?,34-,35-/m1/s1. The van der Waals surface area contributed by atoms with E-state index in [4.69, 9.17) is 0 Å². The lowest BCUT2D eigenvalue weighted by Gasteiger charge is -2.39. The van der Waals surface area contributed by atoms with E-state index < -0.39 is 71.3 Å². The number of aliphatic hydroxyl groups excluding tert-OH is 1. The highest BCUT2D eigenvalue weighted by Crippen LogP contribution is 2.35. The van der Waals surface area contributed by atoms with Gasteiger partial charge in [0.1, 0.15) is 18.3 Å². The number of hydrogen-bond donors (Lipinski definition) is 6. The van der Waals surface area contributed by atoms with E-state index in [0.29, 0.717) is 0 Å². The number of carboxylic acids is 1. The van der Waals surface area contributed by atoms with Gasteiger partial charge in [-0.25, -0.2) is 0 Å². The number of para-hydroxylation sites is 1. The van der Waals surface area contributed by atoms with Gasteiger partial charge in [-0.1, -0.05) is 72.7 Å². The van der Waals surface area contributed by atoms with Crippen LogP contribution in [-0.2, 0) is 41.2 Å². The zero-order valence-electron chi connectivity index (χ0n) is 34.6. The molecule has 56 heavy (non-hydrogen) atoms. The zero-order valence-corrected chi connectivity index (χ0v) is 34.6. The van der Waals surface area contributed by atoms with Gasteiger partial charge in [-0.05, 0) is 49.4 Å². The van der Waals surface area contributed by atoms with Gasteiger partial charge in [-0.15, -0.1) is 0 Å². The van der Waals surface area contributed by atoms with E-state index in [1.807, 2.05) is 90.5 Å². The minimum absolute atomic E-state index is 0.00129. The molecular formula is C41H61N7O8. The van der Waals surface area contributed by atoms with Gasteiger partial charge in [-0.3, -0.25) is 28.8 Å². The minimum Gasteiger partial charge on any atom is -0.481 e. The minimum atomic E-state index is -1.21. The van der Waals surface area contributed by atoms with Crippen LogP contribution in [0.3, 0.4) is 0 Å². The number of aryl methyl sites for hydroxylation is 1. The van der Waals surface area contributed by atoms with Crippen LogP contribution in [0.1, 0.15) is 73.8 Å². The lowest BCUT2D eigenvalue weighted by molar-refractivity contribution is -0.141. The molecule has 1 aliphatic heterocycles. The number of carbonyl (C=O) groups is 6. The third-order valence-corrected chi connectivity index (χ3v) is 10.5. The van der Waals surface area contributed by atoms with Crippen LogP contribution in [0.15, 0.2) is 54.3 Å². The Morgan fingerprint density at radius 3 is 2.20 bits per heavy atom. The Morgan fingerprint density at radius 2 is 1.64 bits per heavy atom. The van der Waals surface area contributed by atoms with Gasteiger partial charge in [0, 0.05) is 67.8 Å². The summed E-state index contributed by atoms with van der Waals surface area (Å²) in [5.74, 6) is -3.73. The van der Waals surface area contributed by atoms with Crippen molar-refractivity contribution in [3.8, 4) is 0 Å². The highest BCUT2D eigenvalue weighted by molar-refractivity contribution is 5.97. The number of rotatable bonds is 18. The van der Waals surface area contributed by atoms with Crippen molar-refractivity contribution < 1.29 is 39.0 Å². The normalized spacial score (nSPS) is 17.1. The van der Waals surface area contributed by atoms with Gasteiger partial charge in [0.25, 0.3) is 0 Å². The molecule has 0 spiro atoms. The molecule has 0 aliphatic carbocycles. The fourth-order valence-electron chi connectivity index (χ4n) is 7.11. The summed E-state index contributed by atoms with van der Waals surface area (Å²) in [4.78, 5) is 81.1. The second-order valence-corrected chi connectivity index (χ2v) is 16.5. The van der Waals surface area contributed by atoms with Gasteiger partial charge in [0.2, 0.25) is 29.5 Å². The first-order valence-electron chi connectivity index (χ1n) is 19.0. The van der Waals surface area contributed by atoms with Crippen molar-refractivity contribution in [3.05, 3.63) is 59.8 Å². The molecule has 0 fully saturated rings. The Balaban J connectivity index is 1.80. The Labute approximate surface area is 329 Å². The van der Waals surface area contributed by atoms with E-state index in [2.05, 4.69) is 21.3 Å². The van der Waals surface area contributed by atoms with E-state index in [9.17, 15) is 39.0 Å². The van der Waals surface area contributed by atoms with E-state index >= 15 is 0 Å². The Kier molecular flexibility index (Phi) is 15.2. The highest BCUT2D eigenvalue weighted by Gasteiger charge is 2.42. The van der Waals surface area contributed by atoms with Crippen molar-refractivity contribution in [3.63, 3.8) is 0 Å². The number of benzene rings is 1. The topological polar surface area (TPSA) is 202 Å². The molecule has 15 heteroatoms. The maximum atomic E-state index is 14.4. The predicted molar refractivity (Wildman–Crippen MR) is 214 cm³/mol. The predicted octanol–water partition coefficient (Wildman–Crippen LogP) is 2.19. The SMILES string of the molecule is CN[C@H](C(=O)N[C@H](C(=O)N(C)[C@H](/C=C(\C)C(=O)N[C@H](CCC(=O)O)C(=O)NCCN1C(=O)C=CC1O)C(C)C)C(C)(C)C)C(C)(C)c1cn(C)c2ccccc12. The van der Waals surface area contributed by atoms with Crippen LogP contribution < -0.4 is 21.3 Å². The van der Waals surface area contributed by atoms with Crippen molar-refractivity contribution in [1.82, 2.24) is 35.6 Å². The van der Waals surface area contributed by atoms with Crippen molar-refractivity contribution in [2.24, 2.45) is 18.4 Å². The molecule has 0 bridgehead atoms. The quantitative estimate of drug-likeness (QED) is 0.123. The fraction of sp³-hybridized carbons (Fsp3) is 0.561.